The van der Waals surface area contributed by atoms with E-state index in [1.165, 1.54) is 4.90 Å². The Bertz CT molecular complexity index is 2090. The molecular weight excluding hydrogens is 1060 g/mol. The van der Waals surface area contributed by atoms with E-state index in [0.717, 1.165) is 7.11 Å². The SMILES string of the molecule is CC1COC(O[C@@H]2[C@@H](O)[C@H](O[C@H]3OC(CNCC(O)CCNC(=O)OC(C)(C)C)=CC[C@H]3NC(=O)CC(C)(C)C)[C@@H](NC(=O)OC(C)(C)C)C[C@H]2NC(=O)C(O)C2CN(C(=O)OC(C)(C)C)C2)C(O)[C@H]1C(C)C(=O)OC(C)(C)C.CO. The number of ether oxygens (including phenoxy) is 8. The third-order valence-electron chi connectivity index (χ3n) is 13.1. The van der Waals surface area contributed by atoms with E-state index in [1.54, 1.807) is 103 Å². The van der Waals surface area contributed by atoms with Crippen LogP contribution in [-0.2, 0) is 52.3 Å². The van der Waals surface area contributed by atoms with Crippen molar-refractivity contribution in [3.8, 4) is 0 Å². The van der Waals surface area contributed by atoms with Gasteiger partial charge in [0.25, 0.3) is 0 Å². The van der Waals surface area contributed by atoms with Gasteiger partial charge in [-0.2, -0.15) is 0 Å². The van der Waals surface area contributed by atoms with Crippen LogP contribution in [-0.4, -0.2) is 203 Å². The van der Waals surface area contributed by atoms with Crippen molar-refractivity contribution < 1.29 is 92.2 Å². The third-order valence-corrected chi connectivity index (χ3v) is 13.1. The van der Waals surface area contributed by atoms with E-state index in [4.69, 9.17) is 43.0 Å². The number of likely N-dealkylation sites (tertiary alicyclic amines) is 1. The monoisotopic (exact) mass is 1160 g/mol. The summed E-state index contributed by atoms with van der Waals surface area (Å²) in [6.07, 6.45) is -11.9. The Hall–Kier alpha value is -4.60. The maximum Gasteiger partial charge on any atom is 0.410 e. The lowest BCUT2D eigenvalue weighted by Crippen LogP contribution is -2.69. The zero-order valence-electron chi connectivity index (χ0n) is 51.2. The van der Waals surface area contributed by atoms with E-state index in [1.807, 2.05) is 20.8 Å². The molecule has 81 heavy (non-hydrogen) atoms. The first-order valence-electron chi connectivity index (χ1n) is 28.1. The molecule has 25 nitrogen and oxygen atoms in total. The fourth-order valence-corrected chi connectivity index (χ4v) is 9.58. The van der Waals surface area contributed by atoms with Crippen molar-refractivity contribution in [2.75, 3.05) is 46.4 Å². The van der Waals surface area contributed by atoms with E-state index in [0.29, 0.717) is 5.76 Å². The molecule has 468 valence electrons. The molecule has 0 aromatic carbocycles. The summed E-state index contributed by atoms with van der Waals surface area (Å²) in [5, 5.41) is 68.4. The van der Waals surface area contributed by atoms with Crippen LogP contribution in [0.1, 0.15) is 143 Å². The largest absolute Gasteiger partial charge is 0.466 e. The van der Waals surface area contributed by atoms with Gasteiger partial charge in [0, 0.05) is 51.5 Å². The lowest BCUT2D eigenvalue weighted by molar-refractivity contribution is -0.297. The molecule has 0 aromatic rings. The number of nitrogens with one attached hydrogen (secondary N) is 5. The molecule has 6 unspecified atom stereocenters. The van der Waals surface area contributed by atoms with E-state index in [9.17, 15) is 49.2 Å². The van der Waals surface area contributed by atoms with Crippen molar-refractivity contribution in [3.63, 3.8) is 0 Å². The van der Waals surface area contributed by atoms with Crippen molar-refractivity contribution in [1.29, 1.82) is 0 Å². The number of amides is 5. The van der Waals surface area contributed by atoms with Gasteiger partial charge in [0.1, 0.15) is 58.7 Å². The fraction of sp³-hybridized carbons (Fsp3) is 0.857. The van der Waals surface area contributed by atoms with E-state index in [2.05, 4.69) is 26.6 Å². The van der Waals surface area contributed by atoms with Crippen LogP contribution in [0.5, 0.6) is 0 Å². The van der Waals surface area contributed by atoms with Gasteiger partial charge in [0.15, 0.2) is 6.29 Å². The minimum Gasteiger partial charge on any atom is -0.466 e. The van der Waals surface area contributed by atoms with Crippen LogP contribution in [0, 0.1) is 29.1 Å². The second-order valence-corrected chi connectivity index (χ2v) is 26.8. The summed E-state index contributed by atoms with van der Waals surface area (Å²) in [4.78, 5) is 81.2. The van der Waals surface area contributed by atoms with Gasteiger partial charge in [-0.1, -0.05) is 34.6 Å². The summed E-state index contributed by atoms with van der Waals surface area (Å²) < 4.78 is 47.9. The summed E-state index contributed by atoms with van der Waals surface area (Å²) in [6.45, 7) is 30.0. The molecule has 14 atom stereocenters. The number of nitrogens with zero attached hydrogens (tertiary/aromatic N) is 1. The van der Waals surface area contributed by atoms with Crippen molar-refractivity contribution >= 4 is 36.1 Å². The van der Waals surface area contributed by atoms with Crippen LogP contribution < -0.4 is 26.6 Å². The average molecular weight is 1160 g/mol. The summed E-state index contributed by atoms with van der Waals surface area (Å²) >= 11 is 0. The predicted molar refractivity (Wildman–Crippen MR) is 296 cm³/mol. The summed E-state index contributed by atoms with van der Waals surface area (Å²) in [5.74, 6) is -4.14. The fourth-order valence-electron chi connectivity index (χ4n) is 9.58. The van der Waals surface area contributed by atoms with E-state index >= 15 is 0 Å². The van der Waals surface area contributed by atoms with Gasteiger partial charge in [-0.3, -0.25) is 14.4 Å². The van der Waals surface area contributed by atoms with Crippen molar-refractivity contribution in [2.45, 2.75) is 233 Å². The quantitative estimate of drug-likeness (QED) is 0.0656. The number of alkyl carbamates (subject to hydrolysis) is 2. The molecule has 1 aliphatic carbocycles. The average Bonchev–Trinajstić information content (AvgIpc) is 3.50. The maximum atomic E-state index is 14.2. The minimum absolute atomic E-state index is 0.00167. The first-order valence-corrected chi connectivity index (χ1v) is 28.1. The minimum atomic E-state index is -1.83. The lowest BCUT2D eigenvalue weighted by atomic mass is 9.77. The molecule has 4 rings (SSSR count). The van der Waals surface area contributed by atoms with Crippen LogP contribution in [0.4, 0.5) is 14.4 Å². The van der Waals surface area contributed by atoms with Gasteiger partial charge >= 0.3 is 24.2 Å². The summed E-state index contributed by atoms with van der Waals surface area (Å²) in [7, 11) is 1.00. The zero-order valence-corrected chi connectivity index (χ0v) is 51.2. The number of carbonyl (C=O) groups is 6. The number of rotatable bonds is 19. The number of aliphatic hydroxyl groups is 5. The Balaban J connectivity index is 0.00000851. The summed E-state index contributed by atoms with van der Waals surface area (Å²) in [6, 6.07) is -3.36. The number of aliphatic hydroxyl groups excluding tert-OH is 5. The number of esters is 1. The molecule has 0 aromatic heterocycles. The van der Waals surface area contributed by atoms with Gasteiger partial charge in [-0.05, 0) is 120 Å². The highest BCUT2D eigenvalue weighted by Gasteiger charge is 2.53. The maximum absolute atomic E-state index is 14.2. The van der Waals surface area contributed by atoms with Crippen LogP contribution in [0.25, 0.3) is 0 Å². The predicted octanol–water partition coefficient (Wildman–Crippen LogP) is 3.10. The van der Waals surface area contributed by atoms with Crippen LogP contribution in [0.3, 0.4) is 0 Å². The topological polar surface area (TPSA) is 341 Å². The number of hydrogen-bond donors (Lipinski definition) is 10. The second-order valence-electron chi connectivity index (χ2n) is 26.8. The Kier molecular flexibility index (Phi) is 26.0. The second kappa shape index (κ2) is 29.8. The van der Waals surface area contributed by atoms with Crippen molar-refractivity contribution in [3.05, 3.63) is 11.8 Å². The first kappa shape index (κ1) is 70.7. The summed E-state index contributed by atoms with van der Waals surface area (Å²) in [5.41, 5.74) is -3.70. The zero-order chi connectivity index (χ0) is 61.7. The highest BCUT2D eigenvalue weighted by molar-refractivity contribution is 5.82. The van der Waals surface area contributed by atoms with Gasteiger partial charge in [0.05, 0.1) is 43.3 Å². The molecule has 0 spiro atoms. The van der Waals surface area contributed by atoms with Gasteiger partial charge in [-0.25, -0.2) is 14.4 Å². The van der Waals surface area contributed by atoms with Crippen molar-refractivity contribution in [1.82, 2.24) is 31.5 Å². The van der Waals surface area contributed by atoms with Crippen LogP contribution in [0.2, 0.25) is 0 Å². The van der Waals surface area contributed by atoms with Crippen molar-refractivity contribution in [2.24, 2.45) is 29.1 Å². The van der Waals surface area contributed by atoms with Gasteiger partial charge in [-0.15, -0.1) is 0 Å². The normalized spacial score (nSPS) is 27.7. The molecule has 0 radical (unpaired) electrons. The Morgan fingerprint density at radius 2 is 1.26 bits per heavy atom. The van der Waals surface area contributed by atoms with E-state index < -0.39 is 143 Å². The molecule has 2 saturated heterocycles. The highest BCUT2D eigenvalue weighted by Crippen LogP contribution is 2.38. The molecule has 3 fully saturated rings. The van der Waals surface area contributed by atoms with E-state index in [-0.39, 0.29) is 76.8 Å². The molecule has 3 heterocycles. The molecule has 10 N–H and O–H groups in total. The van der Waals surface area contributed by atoms with Gasteiger partial charge < -0.3 is 94.9 Å². The molecule has 0 bridgehead atoms. The smallest absolute Gasteiger partial charge is 0.410 e. The molecule has 25 heteroatoms. The molecule has 4 aliphatic rings. The molecule has 5 amide bonds. The van der Waals surface area contributed by atoms with Crippen LogP contribution in [0.15, 0.2) is 11.8 Å². The van der Waals surface area contributed by atoms with Crippen LogP contribution >= 0.6 is 0 Å². The highest BCUT2D eigenvalue weighted by atomic mass is 16.7. The lowest BCUT2D eigenvalue weighted by Gasteiger charge is -2.49. The third kappa shape index (κ3) is 23.9. The standard InChI is InChI=1S/C55H96N6O18.CH4O/c1-29-28-72-47(40(65)38(29)30(2)45(68)76-52(6,7)8)75-42-35(59-44(67)39(64)31-26-61(27-31)50(71)79-55(15,16)17)22-36(60-49(70)78-54(12,13)14)43(41(42)66)74-46-34(58-37(63)23-51(3,4)5)19-18-33(73-46)25-56-24-32(62)20-21-57-48(69)77-53(9,10)11;1-2/h18,29-32,34-36,38-43,46-47,56,62,64-66H,19-28H2,1-17H3,(H,57,69)(H,58,63)(H,59,67)(H,60,70);2H,1H3/t29?,30?,32?,34-,35-,36+,38-,39?,40?,41-,42+,43-,46-,47?;/m1./s1. The number of hydrogen-bond acceptors (Lipinski definition) is 20. The Morgan fingerprint density at radius 3 is 1.81 bits per heavy atom. The van der Waals surface area contributed by atoms with Gasteiger partial charge in [0.2, 0.25) is 18.1 Å². The Morgan fingerprint density at radius 1 is 0.716 bits per heavy atom. The Labute approximate surface area is 478 Å². The molecule has 1 saturated carbocycles. The number of carbonyl (C=O) groups excluding carboxylic acids is 6. The molecule has 3 aliphatic heterocycles. The molecular formula is C56H100N6O19. The first-order chi connectivity index (χ1) is 37.2.